The Morgan fingerprint density at radius 2 is 2.15 bits per heavy atom. The van der Waals surface area contributed by atoms with E-state index in [1.807, 2.05) is 0 Å². The Balaban J connectivity index is 2.31. The van der Waals surface area contributed by atoms with Crippen molar-refractivity contribution in [3.63, 3.8) is 0 Å². The molecule has 20 heavy (non-hydrogen) atoms. The molecule has 0 atom stereocenters. The Labute approximate surface area is 115 Å². The lowest BCUT2D eigenvalue weighted by molar-refractivity contribution is -0.143. The van der Waals surface area contributed by atoms with E-state index in [9.17, 15) is 18.0 Å². The van der Waals surface area contributed by atoms with Crippen LogP contribution in [0.4, 0.5) is 13.2 Å². The van der Waals surface area contributed by atoms with Crippen LogP contribution in [0.5, 0.6) is 0 Å². The second-order valence-electron chi connectivity index (χ2n) is 3.91. The highest BCUT2D eigenvalue weighted by atomic mass is 32.1. The molecule has 0 aromatic carbocycles. The molecule has 106 valence electrons. The number of alkyl halides is 3. The lowest BCUT2D eigenvalue weighted by Gasteiger charge is -2.04. The number of aryl methyl sites for hydroxylation is 1. The van der Waals surface area contributed by atoms with E-state index in [4.69, 9.17) is 5.11 Å². The van der Waals surface area contributed by atoms with Crippen LogP contribution in [0.3, 0.4) is 0 Å². The normalized spacial score (nSPS) is 12.2. The molecule has 0 aliphatic rings. The Kier molecular flexibility index (Phi) is 3.67. The van der Waals surface area contributed by atoms with Crippen molar-refractivity contribution in [1.82, 2.24) is 9.78 Å². The Hall–Kier alpha value is -2.09. The molecule has 0 bridgehead atoms. The van der Waals surface area contributed by atoms with Crippen LogP contribution in [0, 0.1) is 0 Å². The topological polar surface area (TPSA) is 55.1 Å². The summed E-state index contributed by atoms with van der Waals surface area (Å²) in [6, 6.07) is 4.20. The molecule has 0 unspecified atom stereocenters. The molecule has 2 rings (SSSR count). The Morgan fingerprint density at radius 3 is 2.70 bits per heavy atom. The average molecular weight is 302 g/mol. The number of aromatic nitrogens is 2. The van der Waals surface area contributed by atoms with Crippen molar-refractivity contribution in [2.24, 2.45) is 7.05 Å². The summed E-state index contributed by atoms with van der Waals surface area (Å²) in [7, 11) is 1.23. The zero-order valence-electron chi connectivity index (χ0n) is 10.2. The van der Waals surface area contributed by atoms with Gasteiger partial charge in [0.25, 0.3) is 0 Å². The van der Waals surface area contributed by atoms with Gasteiger partial charge in [-0.3, -0.25) is 4.68 Å². The number of thiophene rings is 1. The molecule has 8 heteroatoms. The SMILES string of the molecule is Cn1nc(-c2ccc(/C=C/C(=O)O)s2)cc1C(F)(F)F. The summed E-state index contributed by atoms with van der Waals surface area (Å²) >= 11 is 1.17. The smallest absolute Gasteiger partial charge is 0.433 e. The van der Waals surface area contributed by atoms with Crippen LogP contribution in [-0.4, -0.2) is 20.9 Å². The molecular weight excluding hydrogens is 293 g/mol. The third-order valence-electron chi connectivity index (χ3n) is 2.44. The third-order valence-corrected chi connectivity index (χ3v) is 3.51. The van der Waals surface area contributed by atoms with Gasteiger partial charge in [-0.15, -0.1) is 11.3 Å². The van der Waals surface area contributed by atoms with E-state index in [1.165, 1.54) is 24.5 Å². The van der Waals surface area contributed by atoms with E-state index in [-0.39, 0.29) is 5.69 Å². The summed E-state index contributed by atoms with van der Waals surface area (Å²) in [5.41, 5.74) is -0.622. The van der Waals surface area contributed by atoms with Crippen molar-refractivity contribution in [3.8, 4) is 10.6 Å². The highest BCUT2D eigenvalue weighted by Gasteiger charge is 2.35. The molecule has 0 fully saturated rings. The minimum Gasteiger partial charge on any atom is -0.478 e. The molecule has 1 N–H and O–H groups in total. The van der Waals surface area contributed by atoms with Gasteiger partial charge in [-0.25, -0.2) is 4.79 Å². The summed E-state index contributed by atoms with van der Waals surface area (Å²) < 4.78 is 38.8. The first-order chi connectivity index (χ1) is 9.27. The molecule has 0 aliphatic carbocycles. The maximum atomic E-state index is 12.7. The Bertz CT molecular complexity index is 671. The predicted octanol–water partition coefficient (Wildman–Crippen LogP) is 3.27. The van der Waals surface area contributed by atoms with E-state index in [1.54, 1.807) is 12.1 Å². The lowest BCUT2D eigenvalue weighted by atomic mass is 10.3. The quantitative estimate of drug-likeness (QED) is 0.885. The molecule has 0 saturated heterocycles. The number of carboxylic acid groups (broad SMARTS) is 1. The van der Waals surface area contributed by atoms with Crippen molar-refractivity contribution in [1.29, 1.82) is 0 Å². The predicted molar refractivity (Wildman–Crippen MR) is 68.2 cm³/mol. The molecule has 4 nitrogen and oxygen atoms in total. The number of halogens is 3. The minimum atomic E-state index is -4.46. The second-order valence-corrected chi connectivity index (χ2v) is 5.03. The average Bonchev–Trinajstić information content (AvgIpc) is 2.91. The number of aliphatic carboxylic acids is 1. The zero-order valence-corrected chi connectivity index (χ0v) is 11.0. The van der Waals surface area contributed by atoms with Gasteiger partial charge in [-0.2, -0.15) is 18.3 Å². The molecule has 0 spiro atoms. The van der Waals surface area contributed by atoms with Gasteiger partial charge in [0.15, 0.2) is 0 Å². The van der Waals surface area contributed by atoms with Crippen LogP contribution in [-0.2, 0) is 18.0 Å². The third kappa shape index (κ3) is 3.08. The number of hydrogen-bond donors (Lipinski definition) is 1. The summed E-state index contributed by atoms with van der Waals surface area (Å²) in [4.78, 5) is 11.6. The van der Waals surface area contributed by atoms with Gasteiger partial charge in [0.1, 0.15) is 11.4 Å². The first-order valence-electron chi connectivity index (χ1n) is 5.40. The highest BCUT2D eigenvalue weighted by Crippen LogP contribution is 2.34. The molecule has 2 heterocycles. The minimum absolute atomic E-state index is 0.208. The molecule has 0 aliphatic heterocycles. The van der Waals surface area contributed by atoms with Crippen LogP contribution >= 0.6 is 11.3 Å². The van der Waals surface area contributed by atoms with E-state index in [0.29, 0.717) is 9.75 Å². The van der Waals surface area contributed by atoms with Crippen molar-refractivity contribution in [3.05, 3.63) is 34.8 Å². The van der Waals surface area contributed by atoms with Crippen LogP contribution < -0.4 is 0 Å². The van der Waals surface area contributed by atoms with Gasteiger partial charge in [-0.05, 0) is 24.3 Å². The summed E-state index contributed by atoms with van der Waals surface area (Å²) in [6.45, 7) is 0. The fourth-order valence-electron chi connectivity index (χ4n) is 1.59. The van der Waals surface area contributed by atoms with Crippen LogP contribution in [0.15, 0.2) is 24.3 Å². The monoisotopic (exact) mass is 302 g/mol. The maximum Gasteiger partial charge on any atom is 0.433 e. The van der Waals surface area contributed by atoms with Gasteiger partial charge in [0, 0.05) is 18.0 Å². The fourth-order valence-corrected chi connectivity index (χ4v) is 2.45. The van der Waals surface area contributed by atoms with Gasteiger partial charge in [0.05, 0.1) is 4.88 Å². The van der Waals surface area contributed by atoms with Crippen molar-refractivity contribution >= 4 is 23.4 Å². The number of carboxylic acids is 1. The van der Waals surface area contributed by atoms with Crippen molar-refractivity contribution < 1.29 is 23.1 Å². The van der Waals surface area contributed by atoms with Crippen molar-refractivity contribution in [2.75, 3.05) is 0 Å². The van der Waals surface area contributed by atoms with Crippen LogP contribution in [0.25, 0.3) is 16.6 Å². The molecule has 2 aromatic heterocycles. The summed E-state index contributed by atoms with van der Waals surface area (Å²) in [5.74, 6) is -1.09. The summed E-state index contributed by atoms with van der Waals surface area (Å²) in [5, 5.41) is 12.3. The number of rotatable bonds is 3. The van der Waals surface area contributed by atoms with Gasteiger partial charge in [0.2, 0.25) is 0 Å². The molecule has 0 amide bonds. The zero-order chi connectivity index (χ0) is 14.9. The fraction of sp³-hybridized carbons (Fsp3) is 0.167. The standard InChI is InChI=1S/C12H9F3N2O2S/c1-17-10(12(13,14)15)6-8(16-17)9-4-2-7(20-9)3-5-11(18)19/h2-6H,1H3,(H,18,19)/b5-3+. The van der Waals surface area contributed by atoms with E-state index < -0.39 is 17.8 Å². The number of carbonyl (C=O) groups is 1. The molecule has 2 aromatic rings. The van der Waals surface area contributed by atoms with E-state index >= 15 is 0 Å². The van der Waals surface area contributed by atoms with E-state index in [2.05, 4.69) is 5.10 Å². The molecular formula is C12H9F3N2O2S. The first kappa shape index (κ1) is 14.3. The van der Waals surface area contributed by atoms with Crippen molar-refractivity contribution in [2.45, 2.75) is 6.18 Å². The maximum absolute atomic E-state index is 12.7. The Morgan fingerprint density at radius 1 is 1.45 bits per heavy atom. The molecule has 0 radical (unpaired) electrons. The first-order valence-corrected chi connectivity index (χ1v) is 6.21. The van der Waals surface area contributed by atoms with Gasteiger partial charge < -0.3 is 5.11 Å². The lowest BCUT2D eigenvalue weighted by Crippen LogP contribution is -2.11. The second kappa shape index (κ2) is 5.12. The van der Waals surface area contributed by atoms with E-state index in [0.717, 1.165) is 16.8 Å². The van der Waals surface area contributed by atoms with Gasteiger partial charge in [-0.1, -0.05) is 0 Å². The summed E-state index contributed by atoms with van der Waals surface area (Å²) in [6.07, 6.45) is -2.11. The van der Waals surface area contributed by atoms with Gasteiger partial charge >= 0.3 is 12.1 Å². The number of nitrogens with zero attached hydrogens (tertiary/aromatic N) is 2. The largest absolute Gasteiger partial charge is 0.478 e. The highest BCUT2D eigenvalue weighted by molar-refractivity contribution is 7.16. The van der Waals surface area contributed by atoms with Crippen LogP contribution in [0.1, 0.15) is 10.6 Å². The van der Waals surface area contributed by atoms with Crippen LogP contribution in [0.2, 0.25) is 0 Å². The molecule has 0 saturated carbocycles. The number of hydrogen-bond acceptors (Lipinski definition) is 3.